The van der Waals surface area contributed by atoms with Gasteiger partial charge in [-0.2, -0.15) is 0 Å². The number of ether oxygens (including phenoxy) is 1. The first-order valence-corrected chi connectivity index (χ1v) is 9.98. The second-order valence-corrected chi connectivity index (χ2v) is 6.99. The highest BCUT2D eigenvalue weighted by atomic mass is 35.5. The van der Waals surface area contributed by atoms with Crippen molar-refractivity contribution in [3.05, 3.63) is 59.1 Å². The third-order valence-corrected chi connectivity index (χ3v) is 4.52. The molecule has 2 rings (SSSR count). The zero-order valence-corrected chi connectivity index (χ0v) is 17.0. The molecule has 0 aliphatic rings. The highest BCUT2D eigenvalue weighted by Crippen LogP contribution is 2.20. The molecule has 0 aliphatic carbocycles. The van der Waals surface area contributed by atoms with Crippen LogP contribution in [0, 0.1) is 0 Å². The summed E-state index contributed by atoms with van der Waals surface area (Å²) in [5.41, 5.74) is 1.15. The minimum atomic E-state index is -0.286. The molecule has 144 valence electrons. The molecule has 0 heterocycles. The average molecular weight is 405 g/mol. The van der Waals surface area contributed by atoms with Gasteiger partial charge in [0.25, 0.3) is 5.91 Å². The maximum Gasteiger partial charge on any atom is 0.257 e. The molecular weight excluding hydrogens is 380 g/mol. The van der Waals surface area contributed by atoms with E-state index in [9.17, 15) is 4.79 Å². The second kappa shape index (κ2) is 11.6. The molecule has 0 aromatic heterocycles. The number of rotatable bonds is 9. The first-order chi connectivity index (χ1) is 13.1. The van der Waals surface area contributed by atoms with Crippen LogP contribution in [0.25, 0.3) is 0 Å². The molecule has 0 aliphatic heterocycles. The van der Waals surface area contributed by atoms with E-state index >= 15 is 0 Å². The Morgan fingerprint density at radius 1 is 1.04 bits per heavy atom. The third-order valence-electron chi connectivity index (χ3n) is 3.98. The molecule has 0 radical (unpaired) electrons. The van der Waals surface area contributed by atoms with Crippen molar-refractivity contribution in [2.45, 2.75) is 39.0 Å². The Morgan fingerprint density at radius 2 is 1.74 bits per heavy atom. The molecule has 6 heteroatoms. The van der Waals surface area contributed by atoms with Crippen LogP contribution in [0.3, 0.4) is 0 Å². The number of carbonyl (C=O) groups excluding carboxylic acids is 1. The van der Waals surface area contributed by atoms with Gasteiger partial charge in [0.1, 0.15) is 5.75 Å². The molecule has 0 bridgehead atoms. The van der Waals surface area contributed by atoms with E-state index in [-0.39, 0.29) is 11.0 Å². The number of nitrogens with one attached hydrogen (secondary N) is 2. The Labute approximate surface area is 171 Å². The van der Waals surface area contributed by atoms with Crippen LogP contribution in [-0.2, 0) is 0 Å². The monoisotopic (exact) mass is 404 g/mol. The van der Waals surface area contributed by atoms with E-state index in [1.807, 2.05) is 12.1 Å². The number of amides is 1. The SMILES string of the molecule is CCCCCCCOc1ccc(C(=O)NC(=S)Nc2ccccc2Cl)cc1. The van der Waals surface area contributed by atoms with Crippen molar-refractivity contribution in [2.75, 3.05) is 11.9 Å². The Morgan fingerprint density at radius 3 is 2.44 bits per heavy atom. The molecular formula is C21H25ClN2O2S. The van der Waals surface area contributed by atoms with Crippen molar-refractivity contribution in [3.63, 3.8) is 0 Å². The number of anilines is 1. The van der Waals surface area contributed by atoms with Crippen LogP contribution in [0.1, 0.15) is 49.4 Å². The summed E-state index contributed by atoms with van der Waals surface area (Å²) >= 11 is 11.2. The number of unbranched alkanes of at least 4 members (excludes halogenated alkanes) is 4. The molecule has 0 unspecified atom stereocenters. The van der Waals surface area contributed by atoms with Gasteiger partial charge in [0.2, 0.25) is 0 Å². The summed E-state index contributed by atoms with van der Waals surface area (Å²) in [5, 5.41) is 6.29. The minimum Gasteiger partial charge on any atom is -0.494 e. The molecule has 2 aromatic carbocycles. The summed E-state index contributed by atoms with van der Waals surface area (Å²) in [4.78, 5) is 12.3. The summed E-state index contributed by atoms with van der Waals surface area (Å²) < 4.78 is 5.71. The van der Waals surface area contributed by atoms with Crippen LogP contribution in [0.2, 0.25) is 5.02 Å². The summed E-state index contributed by atoms with van der Waals surface area (Å²) in [6.45, 7) is 2.90. The average Bonchev–Trinajstić information content (AvgIpc) is 2.67. The number of hydrogen-bond donors (Lipinski definition) is 2. The molecule has 2 N–H and O–H groups in total. The van der Waals surface area contributed by atoms with Gasteiger partial charge in [0.15, 0.2) is 5.11 Å². The lowest BCUT2D eigenvalue weighted by atomic mass is 10.2. The fourth-order valence-corrected chi connectivity index (χ4v) is 2.88. The van der Waals surface area contributed by atoms with Crippen LogP contribution in [0.15, 0.2) is 48.5 Å². The number of para-hydroxylation sites is 1. The predicted octanol–water partition coefficient (Wildman–Crippen LogP) is 5.82. The van der Waals surface area contributed by atoms with Gasteiger partial charge < -0.3 is 10.1 Å². The van der Waals surface area contributed by atoms with E-state index in [1.54, 1.807) is 36.4 Å². The van der Waals surface area contributed by atoms with Gasteiger partial charge in [-0.05, 0) is 55.0 Å². The first-order valence-electron chi connectivity index (χ1n) is 9.20. The van der Waals surface area contributed by atoms with Gasteiger partial charge in [0, 0.05) is 5.56 Å². The van der Waals surface area contributed by atoms with Crippen LogP contribution >= 0.6 is 23.8 Å². The van der Waals surface area contributed by atoms with Crippen LogP contribution in [0.5, 0.6) is 5.75 Å². The lowest BCUT2D eigenvalue weighted by molar-refractivity contribution is 0.0977. The lowest BCUT2D eigenvalue weighted by Crippen LogP contribution is -2.34. The van der Waals surface area contributed by atoms with Crippen molar-refractivity contribution in [1.29, 1.82) is 0 Å². The minimum absolute atomic E-state index is 0.195. The Kier molecular flexibility index (Phi) is 9.08. The molecule has 1 amide bonds. The van der Waals surface area contributed by atoms with Crippen LogP contribution in [0.4, 0.5) is 5.69 Å². The van der Waals surface area contributed by atoms with E-state index in [0.717, 1.165) is 12.2 Å². The third kappa shape index (κ3) is 7.57. The van der Waals surface area contributed by atoms with Gasteiger partial charge in [-0.15, -0.1) is 0 Å². The number of thiocarbonyl (C=S) groups is 1. The van der Waals surface area contributed by atoms with Crippen LogP contribution in [-0.4, -0.2) is 17.6 Å². The van der Waals surface area contributed by atoms with E-state index in [1.165, 1.54) is 25.7 Å². The molecule has 0 spiro atoms. The molecule has 0 fully saturated rings. The smallest absolute Gasteiger partial charge is 0.257 e. The lowest BCUT2D eigenvalue weighted by Gasteiger charge is -2.11. The second-order valence-electron chi connectivity index (χ2n) is 6.18. The molecule has 0 saturated carbocycles. The summed E-state index contributed by atoms with van der Waals surface area (Å²) in [6.07, 6.45) is 5.99. The van der Waals surface area contributed by atoms with E-state index in [4.69, 9.17) is 28.6 Å². The number of benzene rings is 2. The Balaban J connectivity index is 1.77. The topological polar surface area (TPSA) is 50.4 Å². The molecule has 2 aromatic rings. The predicted molar refractivity (Wildman–Crippen MR) is 116 cm³/mol. The molecule has 27 heavy (non-hydrogen) atoms. The number of hydrogen-bond acceptors (Lipinski definition) is 3. The number of halogens is 1. The number of carbonyl (C=O) groups is 1. The highest BCUT2D eigenvalue weighted by Gasteiger charge is 2.09. The van der Waals surface area contributed by atoms with E-state index < -0.39 is 0 Å². The zero-order chi connectivity index (χ0) is 19.5. The largest absolute Gasteiger partial charge is 0.494 e. The van der Waals surface area contributed by atoms with Crippen LogP contribution < -0.4 is 15.4 Å². The quantitative estimate of drug-likeness (QED) is 0.408. The van der Waals surface area contributed by atoms with Gasteiger partial charge >= 0.3 is 0 Å². The standard InChI is InChI=1S/C21H25ClN2O2S/c1-2-3-4-5-8-15-26-17-13-11-16(12-14-17)20(25)24-21(27)23-19-10-7-6-9-18(19)22/h6-7,9-14H,2-5,8,15H2,1H3,(H2,23,24,25,27). The molecule has 4 nitrogen and oxygen atoms in total. The van der Waals surface area contributed by atoms with Crippen molar-refractivity contribution in [2.24, 2.45) is 0 Å². The normalized spacial score (nSPS) is 10.3. The fourth-order valence-electron chi connectivity index (χ4n) is 2.49. The Hall–Kier alpha value is -2.11. The summed E-state index contributed by atoms with van der Waals surface area (Å²) in [5.74, 6) is 0.476. The summed E-state index contributed by atoms with van der Waals surface area (Å²) in [7, 11) is 0. The molecule has 0 saturated heterocycles. The van der Waals surface area contributed by atoms with E-state index in [0.29, 0.717) is 22.9 Å². The van der Waals surface area contributed by atoms with Crippen molar-refractivity contribution in [3.8, 4) is 5.75 Å². The summed E-state index contributed by atoms with van der Waals surface area (Å²) in [6, 6.07) is 14.2. The van der Waals surface area contributed by atoms with Gasteiger partial charge in [0.05, 0.1) is 17.3 Å². The van der Waals surface area contributed by atoms with Gasteiger partial charge in [-0.25, -0.2) is 0 Å². The van der Waals surface area contributed by atoms with E-state index in [2.05, 4.69) is 17.6 Å². The first kappa shape index (κ1) is 21.2. The van der Waals surface area contributed by atoms with Crippen molar-refractivity contribution in [1.82, 2.24) is 5.32 Å². The highest BCUT2D eigenvalue weighted by molar-refractivity contribution is 7.80. The maximum atomic E-state index is 12.3. The molecule has 0 atom stereocenters. The van der Waals surface area contributed by atoms with Gasteiger partial charge in [-0.1, -0.05) is 56.3 Å². The Bertz CT molecular complexity index is 750. The van der Waals surface area contributed by atoms with Crippen molar-refractivity contribution >= 4 is 40.5 Å². The zero-order valence-electron chi connectivity index (χ0n) is 15.5. The fraction of sp³-hybridized carbons (Fsp3) is 0.333. The van der Waals surface area contributed by atoms with Crippen molar-refractivity contribution < 1.29 is 9.53 Å². The van der Waals surface area contributed by atoms with Gasteiger partial charge in [-0.3, -0.25) is 10.1 Å². The maximum absolute atomic E-state index is 12.3.